The highest BCUT2D eigenvalue weighted by atomic mass is 35.5. The van der Waals surface area contributed by atoms with Gasteiger partial charge in [0.25, 0.3) is 0 Å². The van der Waals surface area contributed by atoms with E-state index in [4.69, 9.17) is 16.7 Å². The molecule has 0 atom stereocenters. The maximum absolute atomic E-state index is 6.29. The minimum atomic E-state index is 0.703. The Bertz CT molecular complexity index is 571. The molecule has 0 bridgehead atoms. The van der Waals surface area contributed by atoms with Gasteiger partial charge in [0, 0.05) is 31.0 Å². The van der Waals surface area contributed by atoms with E-state index in [9.17, 15) is 0 Å². The van der Waals surface area contributed by atoms with Gasteiger partial charge >= 0.3 is 0 Å². The average Bonchev–Trinajstić information content (AvgIpc) is 3.10. The Morgan fingerprint density at radius 2 is 2.00 bits per heavy atom. The normalized spacial score (nSPS) is 16.1. The highest BCUT2D eigenvalue weighted by Crippen LogP contribution is 2.18. The van der Waals surface area contributed by atoms with Crippen LogP contribution in [0.1, 0.15) is 18.4 Å². The van der Waals surface area contributed by atoms with E-state index < -0.39 is 0 Å². The third-order valence-electron chi connectivity index (χ3n) is 3.18. The van der Waals surface area contributed by atoms with E-state index >= 15 is 0 Å². The topological polar surface area (TPSA) is 33.4 Å². The predicted octanol–water partition coefficient (Wildman–Crippen LogP) is 2.84. The minimum Gasteiger partial charge on any atom is -0.295 e. The van der Waals surface area contributed by atoms with Gasteiger partial charge in [-0.2, -0.15) is 5.10 Å². The zero-order valence-electron chi connectivity index (χ0n) is 10.5. The first-order valence-electron chi connectivity index (χ1n) is 6.41. The standard InChI is InChI=1S/C14H15ClN4/c15-13-6-2-1-5-12(13)14(18-10-7-16-11-18)17-19-8-3-4-9-19/h1-2,5-7,10-11H,3-4,8-9H2. The van der Waals surface area contributed by atoms with Crippen molar-refractivity contribution in [3.8, 4) is 0 Å². The van der Waals surface area contributed by atoms with Crippen LogP contribution in [-0.4, -0.2) is 33.5 Å². The van der Waals surface area contributed by atoms with Crippen molar-refractivity contribution >= 4 is 17.4 Å². The summed E-state index contributed by atoms with van der Waals surface area (Å²) >= 11 is 6.29. The van der Waals surface area contributed by atoms with Crippen LogP contribution in [-0.2, 0) is 0 Å². The molecule has 19 heavy (non-hydrogen) atoms. The van der Waals surface area contributed by atoms with Gasteiger partial charge in [-0.25, -0.2) is 4.98 Å². The van der Waals surface area contributed by atoms with Gasteiger partial charge in [0.1, 0.15) is 6.33 Å². The van der Waals surface area contributed by atoms with Crippen LogP contribution in [0.5, 0.6) is 0 Å². The lowest BCUT2D eigenvalue weighted by molar-refractivity contribution is 0.359. The molecule has 0 aliphatic carbocycles. The van der Waals surface area contributed by atoms with Crippen LogP contribution in [0, 0.1) is 0 Å². The first kappa shape index (κ1) is 12.2. The summed E-state index contributed by atoms with van der Waals surface area (Å²) in [4.78, 5) is 4.09. The van der Waals surface area contributed by atoms with E-state index in [2.05, 4.69) is 9.99 Å². The second kappa shape index (κ2) is 5.45. The van der Waals surface area contributed by atoms with Crippen LogP contribution in [0.15, 0.2) is 48.1 Å². The van der Waals surface area contributed by atoms with Crippen molar-refractivity contribution in [2.45, 2.75) is 12.8 Å². The third kappa shape index (κ3) is 2.63. The molecule has 1 aliphatic rings. The first-order chi connectivity index (χ1) is 9.34. The third-order valence-corrected chi connectivity index (χ3v) is 3.51. The van der Waals surface area contributed by atoms with E-state index in [0.29, 0.717) is 5.02 Å². The minimum absolute atomic E-state index is 0.703. The molecule has 5 heteroatoms. The number of imidazole rings is 1. The summed E-state index contributed by atoms with van der Waals surface area (Å²) in [7, 11) is 0. The highest BCUT2D eigenvalue weighted by Gasteiger charge is 2.14. The molecule has 2 aromatic rings. The monoisotopic (exact) mass is 274 g/mol. The number of aromatic nitrogens is 2. The quantitative estimate of drug-likeness (QED) is 0.623. The zero-order valence-corrected chi connectivity index (χ0v) is 11.3. The Hall–Kier alpha value is -1.81. The second-order valence-electron chi connectivity index (χ2n) is 4.53. The summed E-state index contributed by atoms with van der Waals surface area (Å²) in [5, 5.41) is 7.54. The molecular weight excluding hydrogens is 260 g/mol. The highest BCUT2D eigenvalue weighted by molar-refractivity contribution is 6.34. The van der Waals surface area contributed by atoms with Crippen molar-refractivity contribution < 1.29 is 0 Å². The molecule has 1 aromatic heterocycles. The molecule has 4 nitrogen and oxygen atoms in total. The smallest absolute Gasteiger partial charge is 0.166 e. The maximum atomic E-state index is 6.29. The van der Waals surface area contributed by atoms with E-state index in [1.807, 2.05) is 35.0 Å². The predicted molar refractivity (Wildman–Crippen MR) is 76.4 cm³/mol. The van der Waals surface area contributed by atoms with Crippen LogP contribution in [0.3, 0.4) is 0 Å². The second-order valence-corrected chi connectivity index (χ2v) is 4.94. The number of benzene rings is 1. The summed E-state index contributed by atoms with van der Waals surface area (Å²) in [6, 6.07) is 7.76. The van der Waals surface area contributed by atoms with Gasteiger partial charge in [-0.05, 0) is 25.0 Å². The van der Waals surface area contributed by atoms with Gasteiger partial charge in [0.2, 0.25) is 0 Å². The van der Waals surface area contributed by atoms with Crippen molar-refractivity contribution in [3.63, 3.8) is 0 Å². The molecule has 1 fully saturated rings. The fourth-order valence-electron chi connectivity index (χ4n) is 2.21. The Balaban J connectivity index is 2.04. The van der Waals surface area contributed by atoms with Crippen LogP contribution in [0.4, 0.5) is 0 Å². The maximum Gasteiger partial charge on any atom is 0.166 e. The molecule has 0 unspecified atom stereocenters. The average molecular weight is 275 g/mol. The Labute approximate surface area is 117 Å². The lowest BCUT2D eigenvalue weighted by atomic mass is 10.2. The Morgan fingerprint density at radius 3 is 2.68 bits per heavy atom. The fourth-order valence-corrected chi connectivity index (χ4v) is 2.43. The Morgan fingerprint density at radius 1 is 1.21 bits per heavy atom. The Kier molecular flexibility index (Phi) is 3.51. The number of hydrogen-bond donors (Lipinski definition) is 0. The molecule has 98 valence electrons. The van der Waals surface area contributed by atoms with Crippen LogP contribution >= 0.6 is 11.6 Å². The van der Waals surface area contributed by atoms with Crippen molar-refractivity contribution in [1.29, 1.82) is 0 Å². The summed E-state index contributed by atoms with van der Waals surface area (Å²) < 4.78 is 1.90. The summed E-state index contributed by atoms with van der Waals surface area (Å²) in [5.41, 5.74) is 0.925. The lowest BCUT2D eigenvalue weighted by Crippen LogP contribution is -2.20. The molecule has 0 amide bonds. The van der Waals surface area contributed by atoms with Crippen molar-refractivity contribution in [3.05, 3.63) is 53.6 Å². The molecule has 2 heterocycles. The molecule has 0 radical (unpaired) electrons. The van der Waals surface area contributed by atoms with Gasteiger partial charge in [0.15, 0.2) is 5.84 Å². The van der Waals surface area contributed by atoms with E-state index in [1.54, 1.807) is 12.5 Å². The molecule has 0 saturated carbocycles. The number of hydrazone groups is 1. The van der Waals surface area contributed by atoms with E-state index in [-0.39, 0.29) is 0 Å². The molecule has 3 rings (SSSR count). The van der Waals surface area contributed by atoms with E-state index in [1.165, 1.54) is 12.8 Å². The molecule has 0 N–H and O–H groups in total. The van der Waals surface area contributed by atoms with Crippen molar-refractivity contribution in [1.82, 2.24) is 14.6 Å². The van der Waals surface area contributed by atoms with Crippen molar-refractivity contribution in [2.75, 3.05) is 13.1 Å². The molecule has 0 spiro atoms. The molecule has 1 aromatic carbocycles. The van der Waals surface area contributed by atoms with Crippen molar-refractivity contribution in [2.24, 2.45) is 5.10 Å². The summed E-state index contributed by atoms with van der Waals surface area (Å²) in [6.45, 7) is 2.01. The van der Waals surface area contributed by atoms with Gasteiger partial charge in [-0.15, -0.1) is 0 Å². The molecule has 1 aliphatic heterocycles. The van der Waals surface area contributed by atoms with Crippen LogP contribution < -0.4 is 0 Å². The van der Waals surface area contributed by atoms with E-state index in [0.717, 1.165) is 24.5 Å². The number of nitrogens with zero attached hydrogens (tertiary/aromatic N) is 4. The van der Waals surface area contributed by atoms with Crippen LogP contribution in [0.2, 0.25) is 5.02 Å². The molecule has 1 saturated heterocycles. The lowest BCUT2D eigenvalue weighted by Gasteiger charge is -2.15. The number of halogens is 1. The SMILES string of the molecule is Clc1ccccc1C(=NN1CCCC1)n1ccnc1. The number of rotatable bonds is 2. The van der Waals surface area contributed by atoms with Gasteiger partial charge in [-0.3, -0.25) is 9.58 Å². The summed E-state index contributed by atoms with van der Waals surface area (Å²) in [6.07, 6.45) is 7.78. The fraction of sp³-hybridized carbons (Fsp3) is 0.286. The first-order valence-corrected chi connectivity index (χ1v) is 6.79. The van der Waals surface area contributed by atoms with Gasteiger partial charge in [-0.1, -0.05) is 23.7 Å². The zero-order chi connectivity index (χ0) is 13.1. The number of hydrogen-bond acceptors (Lipinski definition) is 3. The summed E-state index contributed by atoms with van der Waals surface area (Å²) in [5.74, 6) is 0.824. The van der Waals surface area contributed by atoms with Crippen LogP contribution in [0.25, 0.3) is 0 Å². The van der Waals surface area contributed by atoms with Gasteiger partial charge < -0.3 is 0 Å². The van der Waals surface area contributed by atoms with Gasteiger partial charge in [0.05, 0.1) is 5.02 Å². The molecular formula is C14H15ClN4. The largest absolute Gasteiger partial charge is 0.295 e.